The van der Waals surface area contributed by atoms with Crippen LogP contribution in [0.15, 0.2) is 18.2 Å². The molecular formula is C11H12N2O2. The molecule has 0 aliphatic carbocycles. The van der Waals surface area contributed by atoms with E-state index in [1.165, 1.54) is 0 Å². The maximum absolute atomic E-state index is 11.0. The van der Waals surface area contributed by atoms with Crippen molar-refractivity contribution in [3.05, 3.63) is 29.3 Å². The molecule has 0 aliphatic heterocycles. The number of aryl methyl sites for hydroxylation is 2. The van der Waals surface area contributed by atoms with Gasteiger partial charge in [0.2, 0.25) is 0 Å². The van der Waals surface area contributed by atoms with E-state index in [-0.39, 0.29) is 6.61 Å². The van der Waals surface area contributed by atoms with Gasteiger partial charge in [0.1, 0.15) is 5.75 Å². The van der Waals surface area contributed by atoms with Crippen LogP contribution in [0.5, 0.6) is 5.75 Å². The average Bonchev–Trinajstić information content (AvgIpc) is 2.17. The molecule has 0 aliphatic rings. The van der Waals surface area contributed by atoms with Gasteiger partial charge in [-0.3, -0.25) is 10.1 Å². The molecule has 4 heteroatoms. The maximum Gasteiger partial charge on any atom is 0.270 e. The van der Waals surface area contributed by atoms with Gasteiger partial charge in [0.05, 0.1) is 0 Å². The minimum absolute atomic E-state index is 0.140. The van der Waals surface area contributed by atoms with Crippen molar-refractivity contribution in [2.75, 3.05) is 6.61 Å². The molecule has 1 aromatic carbocycles. The molecule has 1 rings (SSSR count). The van der Waals surface area contributed by atoms with Crippen LogP contribution >= 0.6 is 0 Å². The van der Waals surface area contributed by atoms with Crippen molar-refractivity contribution in [2.45, 2.75) is 13.8 Å². The minimum Gasteiger partial charge on any atom is -0.483 e. The van der Waals surface area contributed by atoms with E-state index in [1.807, 2.05) is 37.4 Å². The van der Waals surface area contributed by atoms with Gasteiger partial charge in [-0.15, -0.1) is 0 Å². The molecule has 0 spiro atoms. The van der Waals surface area contributed by atoms with Crippen molar-refractivity contribution in [3.8, 4) is 11.9 Å². The Kier molecular flexibility index (Phi) is 3.69. The van der Waals surface area contributed by atoms with Crippen molar-refractivity contribution < 1.29 is 9.53 Å². The molecule has 0 saturated heterocycles. The Morgan fingerprint density at radius 3 is 2.60 bits per heavy atom. The number of carbonyl (C=O) groups excluding carboxylic acids is 1. The fourth-order valence-corrected chi connectivity index (χ4v) is 1.26. The summed E-state index contributed by atoms with van der Waals surface area (Å²) in [4.78, 5) is 11.0. The largest absolute Gasteiger partial charge is 0.483 e. The van der Waals surface area contributed by atoms with Crippen LogP contribution in [0.3, 0.4) is 0 Å². The molecule has 1 amide bonds. The predicted octanol–water partition coefficient (Wildman–Crippen LogP) is 1.28. The Bertz CT molecular complexity index is 387. The van der Waals surface area contributed by atoms with E-state index in [1.54, 1.807) is 6.19 Å². The highest BCUT2D eigenvalue weighted by Gasteiger charge is 2.06. The zero-order valence-electron chi connectivity index (χ0n) is 8.70. The van der Waals surface area contributed by atoms with Gasteiger partial charge >= 0.3 is 0 Å². The SMILES string of the molecule is Cc1cccc(C)c1OCC(=O)NC#N. The number of nitrogens with zero attached hydrogens (tertiary/aromatic N) is 1. The topological polar surface area (TPSA) is 62.1 Å². The number of amides is 1. The summed E-state index contributed by atoms with van der Waals surface area (Å²) in [6, 6.07) is 5.74. The first-order valence-electron chi connectivity index (χ1n) is 4.52. The van der Waals surface area contributed by atoms with Crippen molar-refractivity contribution in [1.29, 1.82) is 5.26 Å². The smallest absolute Gasteiger partial charge is 0.270 e. The minimum atomic E-state index is -0.444. The number of nitrogens with one attached hydrogen (secondary N) is 1. The van der Waals surface area contributed by atoms with Crippen LogP contribution in [0.25, 0.3) is 0 Å². The van der Waals surface area contributed by atoms with E-state index in [9.17, 15) is 4.79 Å². The van der Waals surface area contributed by atoms with Crippen molar-refractivity contribution in [3.63, 3.8) is 0 Å². The van der Waals surface area contributed by atoms with Gasteiger partial charge < -0.3 is 4.74 Å². The van der Waals surface area contributed by atoms with Crippen LogP contribution in [0.1, 0.15) is 11.1 Å². The summed E-state index contributed by atoms with van der Waals surface area (Å²) in [5.41, 5.74) is 1.94. The monoisotopic (exact) mass is 204 g/mol. The van der Waals surface area contributed by atoms with Crippen LogP contribution in [0, 0.1) is 25.3 Å². The number of hydrogen-bond acceptors (Lipinski definition) is 3. The number of hydrogen-bond donors (Lipinski definition) is 1. The molecule has 0 radical (unpaired) electrons. The Balaban J connectivity index is 2.66. The highest BCUT2D eigenvalue weighted by atomic mass is 16.5. The Hall–Kier alpha value is -2.02. The fourth-order valence-electron chi connectivity index (χ4n) is 1.26. The number of rotatable bonds is 3. The van der Waals surface area contributed by atoms with Gasteiger partial charge in [-0.05, 0) is 25.0 Å². The summed E-state index contributed by atoms with van der Waals surface area (Å²) in [6.07, 6.45) is 1.55. The van der Waals surface area contributed by atoms with Gasteiger partial charge in [0, 0.05) is 0 Å². The van der Waals surface area contributed by atoms with Crippen LogP contribution < -0.4 is 10.1 Å². The van der Waals surface area contributed by atoms with Gasteiger partial charge in [-0.25, -0.2) is 0 Å². The molecule has 4 nitrogen and oxygen atoms in total. The van der Waals surface area contributed by atoms with Crippen molar-refractivity contribution in [1.82, 2.24) is 5.32 Å². The number of ether oxygens (including phenoxy) is 1. The van der Waals surface area contributed by atoms with Crippen LogP contribution in [0.4, 0.5) is 0 Å². The van der Waals surface area contributed by atoms with Crippen molar-refractivity contribution in [2.24, 2.45) is 0 Å². The third-order valence-corrected chi connectivity index (χ3v) is 1.95. The second kappa shape index (κ2) is 5.01. The van der Waals surface area contributed by atoms with Crippen molar-refractivity contribution >= 4 is 5.91 Å². The van der Waals surface area contributed by atoms with Gasteiger partial charge in [-0.2, -0.15) is 5.26 Å². The van der Waals surface area contributed by atoms with E-state index >= 15 is 0 Å². The summed E-state index contributed by atoms with van der Waals surface area (Å²) >= 11 is 0. The molecule has 78 valence electrons. The van der Waals surface area contributed by atoms with E-state index in [0.717, 1.165) is 11.1 Å². The fraction of sp³-hybridized carbons (Fsp3) is 0.273. The van der Waals surface area contributed by atoms with Gasteiger partial charge in [0.15, 0.2) is 12.8 Å². The zero-order chi connectivity index (χ0) is 11.3. The lowest BCUT2D eigenvalue weighted by atomic mass is 10.1. The number of benzene rings is 1. The number of carbonyl (C=O) groups is 1. The summed E-state index contributed by atoms with van der Waals surface area (Å²) in [6.45, 7) is 3.67. The van der Waals surface area contributed by atoms with Gasteiger partial charge in [0.25, 0.3) is 5.91 Å². The van der Waals surface area contributed by atoms with Crippen LogP contribution in [-0.2, 0) is 4.79 Å². The molecule has 0 fully saturated rings. The van der Waals surface area contributed by atoms with E-state index in [2.05, 4.69) is 0 Å². The molecule has 1 N–H and O–H groups in total. The molecule has 0 bridgehead atoms. The number of para-hydroxylation sites is 1. The molecule has 0 atom stereocenters. The van der Waals surface area contributed by atoms with Crippen LogP contribution in [0.2, 0.25) is 0 Å². The van der Waals surface area contributed by atoms with Gasteiger partial charge in [-0.1, -0.05) is 18.2 Å². The van der Waals surface area contributed by atoms with Crippen LogP contribution in [-0.4, -0.2) is 12.5 Å². The van der Waals surface area contributed by atoms with E-state index in [4.69, 9.17) is 10.00 Å². The second-order valence-corrected chi connectivity index (χ2v) is 3.17. The highest BCUT2D eigenvalue weighted by molar-refractivity contribution is 5.78. The third-order valence-electron chi connectivity index (χ3n) is 1.95. The van der Waals surface area contributed by atoms with E-state index in [0.29, 0.717) is 5.75 Å². The van der Waals surface area contributed by atoms with E-state index < -0.39 is 5.91 Å². The molecule has 1 aromatic rings. The Morgan fingerprint density at radius 2 is 2.07 bits per heavy atom. The zero-order valence-corrected chi connectivity index (χ0v) is 8.70. The molecular weight excluding hydrogens is 192 g/mol. The first kappa shape index (κ1) is 11.1. The quantitative estimate of drug-likeness (QED) is 0.596. The standard InChI is InChI=1S/C11H12N2O2/c1-8-4-3-5-9(2)11(8)15-6-10(14)13-7-12/h3-5H,6H2,1-2H3,(H,13,14). The predicted molar refractivity (Wildman–Crippen MR) is 55.2 cm³/mol. The lowest BCUT2D eigenvalue weighted by Crippen LogP contribution is -2.24. The summed E-state index contributed by atoms with van der Waals surface area (Å²) < 4.78 is 5.32. The second-order valence-electron chi connectivity index (χ2n) is 3.17. The normalized spacial score (nSPS) is 9.13. The molecule has 0 saturated carbocycles. The lowest BCUT2D eigenvalue weighted by Gasteiger charge is -2.10. The lowest BCUT2D eigenvalue weighted by molar-refractivity contribution is -0.121. The molecule has 0 aromatic heterocycles. The third kappa shape index (κ3) is 2.99. The molecule has 15 heavy (non-hydrogen) atoms. The first-order chi connectivity index (χ1) is 7.15. The maximum atomic E-state index is 11.0. The molecule has 0 heterocycles. The Labute approximate surface area is 88.5 Å². The first-order valence-corrected chi connectivity index (χ1v) is 4.52. The summed E-state index contributed by atoms with van der Waals surface area (Å²) in [5, 5.41) is 10.2. The average molecular weight is 204 g/mol. The summed E-state index contributed by atoms with van der Waals surface area (Å²) in [7, 11) is 0. The Morgan fingerprint density at radius 1 is 1.47 bits per heavy atom. The molecule has 0 unspecified atom stereocenters. The summed E-state index contributed by atoms with van der Waals surface area (Å²) in [5.74, 6) is 0.255. The number of nitriles is 1. The highest BCUT2D eigenvalue weighted by Crippen LogP contribution is 2.21.